The molecule has 0 saturated heterocycles. The van der Waals surface area contributed by atoms with Gasteiger partial charge in [-0.15, -0.1) is 0 Å². The number of benzene rings is 1. The third-order valence-corrected chi connectivity index (χ3v) is 2.23. The standard InChI is InChI=1S/C12H14O3/c1-4-10(13)12(14)9-5-6-11(15-3)8(2)7-9/h5-7H,4H2,1-3H3. The molecule has 0 unspecified atom stereocenters. The highest BCUT2D eigenvalue weighted by Crippen LogP contribution is 2.18. The van der Waals surface area contributed by atoms with Gasteiger partial charge in [-0.3, -0.25) is 9.59 Å². The van der Waals surface area contributed by atoms with E-state index in [0.29, 0.717) is 5.56 Å². The Balaban J connectivity index is 3.02. The van der Waals surface area contributed by atoms with Crippen LogP contribution in [0.25, 0.3) is 0 Å². The number of rotatable bonds is 4. The van der Waals surface area contributed by atoms with Crippen molar-refractivity contribution in [3.05, 3.63) is 29.3 Å². The van der Waals surface area contributed by atoms with Crippen molar-refractivity contribution in [3.63, 3.8) is 0 Å². The fourth-order valence-electron chi connectivity index (χ4n) is 1.34. The lowest BCUT2D eigenvalue weighted by molar-refractivity contribution is -0.114. The van der Waals surface area contributed by atoms with Gasteiger partial charge in [0.25, 0.3) is 0 Å². The number of carbonyl (C=O) groups is 2. The number of Topliss-reactive ketones (excluding diaryl/α,β-unsaturated/α-hetero) is 2. The first-order valence-corrected chi connectivity index (χ1v) is 4.82. The SMILES string of the molecule is CCC(=O)C(=O)c1ccc(OC)c(C)c1. The lowest BCUT2D eigenvalue weighted by Gasteiger charge is -2.05. The van der Waals surface area contributed by atoms with Crippen molar-refractivity contribution in [2.75, 3.05) is 7.11 Å². The maximum absolute atomic E-state index is 11.5. The van der Waals surface area contributed by atoms with Crippen LogP contribution in [0.5, 0.6) is 5.75 Å². The number of carbonyl (C=O) groups excluding carboxylic acids is 2. The molecule has 0 bridgehead atoms. The van der Waals surface area contributed by atoms with E-state index in [-0.39, 0.29) is 12.2 Å². The van der Waals surface area contributed by atoms with Crippen LogP contribution in [-0.2, 0) is 4.79 Å². The van der Waals surface area contributed by atoms with E-state index < -0.39 is 5.78 Å². The summed E-state index contributed by atoms with van der Waals surface area (Å²) in [6.07, 6.45) is 0.240. The molecular formula is C12H14O3. The first-order chi connectivity index (χ1) is 7.10. The molecule has 0 radical (unpaired) electrons. The van der Waals surface area contributed by atoms with Crippen LogP contribution in [-0.4, -0.2) is 18.7 Å². The van der Waals surface area contributed by atoms with Gasteiger partial charge in [0.1, 0.15) is 5.75 Å². The van der Waals surface area contributed by atoms with Gasteiger partial charge in [0.2, 0.25) is 11.6 Å². The van der Waals surface area contributed by atoms with Crippen LogP contribution in [0, 0.1) is 6.92 Å². The summed E-state index contributed by atoms with van der Waals surface area (Å²) in [6.45, 7) is 3.52. The van der Waals surface area contributed by atoms with E-state index in [2.05, 4.69) is 0 Å². The molecule has 0 saturated carbocycles. The molecule has 3 heteroatoms. The van der Waals surface area contributed by atoms with Crippen LogP contribution < -0.4 is 4.74 Å². The molecule has 1 rings (SSSR count). The van der Waals surface area contributed by atoms with Crippen LogP contribution in [0.1, 0.15) is 29.3 Å². The maximum atomic E-state index is 11.5. The summed E-state index contributed by atoms with van der Waals surface area (Å²) in [5, 5.41) is 0. The van der Waals surface area contributed by atoms with E-state index in [1.165, 1.54) is 0 Å². The van der Waals surface area contributed by atoms with Crippen LogP contribution in [0.4, 0.5) is 0 Å². The minimum Gasteiger partial charge on any atom is -0.496 e. The van der Waals surface area contributed by atoms with Gasteiger partial charge >= 0.3 is 0 Å². The molecular weight excluding hydrogens is 192 g/mol. The fraction of sp³-hybridized carbons (Fsp3) is 0.333. The Bertz CT molecular complexity index is 394. The van der Waals surface area contributed by atoms with Gasteiger partial charge in [-0.2, -0.15) is 0 Å². The summed E-state index contributed by atoms with van der Waals surface area (Å²) < 4.78 is 5.07. The lowest BCUT2D eigenvalue weighted by atomic mass is 10.0. The average Bonchev–Trinajstić information content (AvgIpc) is 2.26. The summed E-state index contributed by atoms with van der Waals surface area (Å²) in [6, 6.07) is 4.99. The predicted molar refractivity (Wildman–Crippen MR) is 57.4 cm³/mol. The predicted octanol–water partition coefficient (Wildman–Crippen LogP) is 2.17. The average molecular weight is 206 g/mol. The quantitative estimate of drug-likeness (QED) is 0.560. The highest BCUT2D eigenvalue weighted by Gasteiger charge is 2.14. The van der Waals surface area contributed by atoms with E-state index in [4.69, 9.17) is 4.74 Å². The normalized spacial score (nSPS) is 9.80. The number of methoxy groups -OCH3 is 1. The third kappa shape index (κ3) is 2.43. The molecule has 0 heterocycles. The molecule has 0 spiro atoms. The molecule has 0 N–H and O–H groups in total. The smallest absolute Gasteiger partial charge is 0.228 e. The fourth-order valence-corrected chi connectivity index (χ4v) is 1.34. The zero-order valence-electron chi connectivity index (χ0n) is 9.16. The molecule has 0 atom stereocenters. The van der Waals surface area contributed by atoms with E-state index in [0.717, 1.165) is 11.3 Å². The Morgan fingerprint density at radius 1 is 1.33 bits per heavy atom. The van der Waals surface area contributed by atoms with E-state index in [1.807, 2.05) is 6.92 Å². The van der Waals surface area contributed by atoms with Gasteiger partial charge in [-0.05, 0) is 30.7 Å². The number of ether oxygens (including phenoxy) is 1. The van der Waals surface area contributed by atoms with Crippen molar-refractivity contribution in [2.24, 2.45) is 0 Å². The second kappa shape index (κ2) is 4.73. The molecule has 0 fully saturated rings. The molecule has 0 aromatic heterocycles. The van der Waals surface area contributed by atoms with E-state index >= 15 is 0 Å². The summed E-state index contributed by atoms with van der Waals surface area (Å²) in [7, 11) is 1.57. The highest BCUT2D eigenvalue weighted by molar-refractivity contribution is 6.43. The van der Waals surface area contributed by atoms with Crippen molar-refractivity contribution >= 4 is 11.6 Å². The Kier molecular flexibility index (Phi) is 3.61. The molecule has 1 aromatic rings. The van der Waals surface area contributed by atoms with Crippen molar-refractivity contribution in [3.8, 4) is 5.75 Å². The summed E-state index contributed by atoms with van der Waals surface area (Å²) >= 11 is 0. The van der Waals surface area contributed by atoms with Gasteiger partial charge in [0.15, 0.2) is 0 Å². The van der Waals surface area contributed by atoms with Crippen LogP contribution in [0.3, 0.4) is 0 Å². The number of hydrogen-bond donors (Lipinski definition) is 0. The zero-order chi connectivity index (χ0) is 11.4. The van der Waals surface area contributed by atoms with Gasteiger partial charge in [0.05, 0.1) is 7.11 Å². The van der Waals surface area contributed by atoms with E-state index in [9.17, 15) is 9.59 Å². The third-order valence-electron chi connectivity index (χ3n) is 2.23. The summed E-state index contributed by atoms with van der Waals surface area (Å²) in [4.78, 5) is 22.7. The molecule has 3 nitrogen and oxygen atoms in total. The van der Waals surface area contributed by atoms with Crippen molar-refractivity contribution in [2.45, 2.75) is 20.3 Å². The van der Waals surface area contributed by atoms with E-state index in [1.54, 1.807) is 32.2 Å². The second-order valence-corrected chi connectivity index (χ2v) is 3.29. The first kappa shape index (κ1) is 11.4. The monoisotopic (exact) mass is 206 g/mol. The van der Waals surface area contributed by atoms with Crippen molar-refractivity contribution in [1.82, 2.24) is 0 Å². The Morgan fingerprint density at radius 2 is 2.00 bits per heavy atom. The van der Waals surface area contributed by atoms with Crippen LogP contribution in [0.2, 0.25) is 0 Å². The largest absolute Gasteiger partial charge is 0.496 e. The minimum absolute atomic E-state index is 0.240. The topological polar surface area (TPSA) is 43.4 Å². The number of ketones is 2. The van der Waals surface area contributed by atoms with Gasteiger partial charge < -0.3 is 4.74 Å². The maximum Gasteiger partial charge on any atom is 0.228 e. The zero-order valence-corrected chi connectivity index (χ0v) is 9.16. The lowest BCUT2D eigenvalue weighted by Crippen LogP contribution is -2.12. The summed E-state index contributed by atoms with van der Waals surface area (Å²) in [5.41, 5.74) is 1.28. The Hall–Kier alpha value is -1.64. The molecule has 0 amide bonds. The van der Waals surface area contributed by atoms with Crippen molar-refractivity contribution in [1.29, 1.82) is 0 Å². The second-order valence-electron chi connectivity index (χ2n) is 3.29. The number of hydrogen-bond acceptors (Lipinski definition) is 3. The van der Waals surface area contributed by atoms with Crippen molar-refractivity contribution < 1.29 is 14.3 Å². The van der Waals surface area contributed by atoms with Gasteiger partial charge in [-0.25, -0.2) is 0 Å². The molecule has 1 aromatic carbocycles. The van der Waals surface area contributed by atoms with Gasteiger partial charge in [-0.1, -0.05) is 6.92 Å². The van der Waals surface area contributed by atoms with Gasteiger partial charge in [0, 0.05) is 12.0 Å². The minimum atomic E-state index is -0.428. The number of aryl methyl sites for hydroxylation is 1. The molecule has 15 heavy (non-hydrogen) atoms. The molecule has 0 aliphatic heterocycles. The van der Waals surface area contributed by atoms with Crippen LogP contribution in [0.15, 0.2) is 18.2 Å². The Labute approximate surface area is 89.1 Å². The molecule has 80 valence electrons. The molecule has 0 aliphatic rings. The molecule has 0 aliphatic carbocycles. The Morgan fingerprint density at radius 3 is 2.47 bits per heavy atom. The first-order valence-electron chi connectivity index (χ1n) is 4.82. The van der Waals surface area contributed by atoms with Crippen LogP contribution >= 0.6 is 0 Å². The highest BCUT2D eigenvalue weighted by atomic mass is 16.5. The summed E-state index contributed by atoms with van der Waals surface area (Å²) in [5.74, 6) is -0.0710.